The van der Waals surface area contributed by atoms with Gasteiger partial charge in [0.1, 0.15) is 11.9 Å². The summed E-state index contributed by atoms with van der Waals surface area (Å²) >= 11 is 0. The number of ether oxygens (including phenoxy) is 2. The van der Waals surface area contributed by atoms with Gasteiger partial charge in [-0.25, -0.2) is 9.37 Å². The molecule has 0 radical (unpaired) electrons. The van der Waals surface area contributed by atoms with Gasteiger partial charge < -0.3 is 23.8 Å². The summed E-state index contributed by atoms with van der Waals surface area (Å²) in [6.45, 7) is 5.44. The number of aryl methyl sites for hydroxylation is 1. The van der Waals surface area contributed by atoms with E-state index in [-0.39, 0.29) is 11.9 Å². The molecule has 2 saturated heterocycles. The molecule has 2 fully saturated rings. The summed E-state index contributed by atoms with van der Waals surface area (Å²) in [5.74, 6) is 0.795. The maximum atomic E-state index is 15.4. The van der Waals surface area contributed by atoms with Gasteiger partial charge in [-0.3, -0.25) is 4.79 Å². The summed E-state index contributed by atoms with van der Waals surface area (Å²) in [5, 5.41) is 0. The number of amides is 1. The standard InChI is InChI=1S/C30H35FN4O3/c1-20-18-34(19-32-20)27-7-5-21(15-29(27)37-2)14-23-4-3-9-35(30(23)36)26-8-6-22-16-28(25(31)17-24(22)26)33-10-12-38-13-11-33/h5,7,14-16,18-19,25-26H,3-4,6,8-13,17H2,1-2H3/b23-14+/t25?,26-/m1/s1. The molecule has 1 aromatic carbocycles. The molecule has 38 heavy (non-hydrogen) atoms. The zero-order valence-corrected chi connectivity index (χ0v) is 22.2. The molecule has 0 bridgehead atoms. The lowest BCUT2D eigenvalue weighted by atomic mass is 9.91. The lowest BCUT2D eigenvalue weighted by Crippen LogP contribution is -2.45. The molecular weight excluding hydrogens is 483 g/mol. The first kappa shape index (κ1) is 24.9. The van der Waals surface area contributed by atoms with Crippen molar-refractivity contribution in [1.29, 1.82) is 0 Å². The second-order valence-electron chi connectivity index (χ2n) is 10.6. The van der Waals surface area contributed by atoms with Crippen LogP contribution in [0.3, 0.4) is 0 Å². The number of allylic oxidation sites excluding steroid dienone is 3. The first-order valence-corrected chi connectivity index (χ1v) is 13.6. The number of alkyl halides is 1. The van der Waals surface area contributed by atoms with Gasteiger partial charge in [0.2, 0.25) is 5.91 Å². The van der Waals surface area contributed by atoms with Crippen molar-refractivity contribution in [2.24, 2.45) is 0 Å². The molecule has 8 heteroatoms. The predicted molar refractivity (Wildman–Crippen MR) is 144 cm³/mol. The van der Waals surface area contributed by atoms with E-state index < -0.39 is 6.17 Å². The number of carbonyl (C=O) groups is 1. The van der Waals surface area contributed by atoms with Crippen LogP contribution in [-0.4, -0.2) is 77.4 Å². The van der Waals surface area contributed by atoms with Crippen LogP contribution in [0.4, 0.5) is 4.39 Å². The Kier molecular flexibility index (Phi) is 6.82. The van der Waals surface area contributed by atoms with Gasteiger partial charge in [-0.1, -0.05) is 6.07 Å². The van der Waals surface area contributed by atoms with E-state index in [1.807, 2.05) is 46.9 Å². The minimum atomic E-state index is -1.02. The number of nitrogens with zero attached hydrogens (tertiary/aromatic N) is 4. The molecule has 0 saturated carbocycles. The van der Waals surface area contributed by atoms with Gasteiger partial charge in [0.25, 0.3) is 0 Å². The van der Waals surface area contributed by atoms with Gasteiger partial charge in [0, 0.05) is 43.5 Å². The maximum Gasteiger partial charge on any atom is 0.250 e. The van der Waals surface area contributed by atoms with Gasteiger partial charge in [0.15, 0.2) is 0 Å². The third kappa shape index (κ3) is 4.66. The quantitative estimate of drug-likeness (QED) is 0.541. The zero-order valence-electron chi connectivity index (χ0n) is 22.2. The summed E-state index contributed by atoms with van der Waals surface area (Å²) in [6, 6.07) is 5.96. The molecule has 3 heterocycles. The molecular formula is C30H35FN4O3. The van der Waals surface area contributed by atoms with Gasteiger partial charge in [0.05, 0.1) is 44.1 Å². The Hall–Kier alpha value is -3.39. The molecule has 200 valence electrons. The lowest BCUT2D eigenvalue weighted by molar-refractivity contribution is -0.130. The second-order valence-corrected chi connectivity index (χ2v) is 10.6. The first-order chi connectivity index (χ1) is 18.5. The molecule has 4 aliphatic rings. The van der Waals surface area contributed by atoms with Crippen LogP contribution in [0, 0.1) is 6.92 Å². The van der Waals surface area contributed by atoms with Crippen LogP contribution < -0.4 is 4.74 Å². The Balaban J connectivity index is 1.23. The van der Waals surface area contributed by atoms with E-state index in [0.717, 1.165) is 84.9 Å². The maximum absolute atomic E-state index is 15.4. The molecule has 1 amide bonds. The molecule has 7 nitrogen and oxygen atoms in total. The fraction of sp³-hybridized carbons (Fsp3) is 0.467. The molecule has 6 rings (SSSR count). The Morgan fingerprint density at radius 2 is 2.03 bits per heavy atom. The fourth-order valence-corrected chi connectivity index (χ4v) is 6.31. The largest absolute Gasteiger partial charge is 0.495 e. The molecule has 0 N–H and O–H groups in total. The third-order valence-corrected chi connectivity index (χ3v) is 8.21. The van der Waals surface area contributed by atoms with Crippen LogP contribution in [-0.2, 0) is 9.53 Å². The Morgan fingerprint density at radius 3 is 2.79 bits per heavy atom. The number of imidazole rings is 1. The molecule has 1 unspecified atom stereocenters. The number of aromatic nitrogens is 2. The number of hydrogen-bond acceptors (Lipinski definition) is 5. The van der Waals surface area contributed by atoms with Crippen LogP contribution >= 0.6 is 0 Å². The monoisotopic (exact) mass is 518 g/mol. The summed E-state index contributed by atoms with van der Waals surface area (Å²) in [4.78, 5) is 22.1. The van der Waals surface area contributed by atoms with Gasteiger partial charge >= 0.3 is 0 Å². The fourth-order valence-electron chi connectivity index (χ4n) is 6.31. The molecule has 2 aromatic rings. The molecule has 2 aliphatic carbocycles. The number of hydrogen-bond donors (Lipinski definition) is 0. The van der Waals surface area contributed by atoms with Crippen molar-refractivity contribution < 1.29 is 18.7 Å². The van der Waals surface area contributed by atoms with Crippen molar-refractivity contribution >= 4 is 12.0 Å². The average molecular weight is 519 g/mol. The number of methoxy groups -OCH3 is 1. The lowest BCUT2D eigenvalue weighted by Gasteiger charge is -2.38. The summed E-state index contributed by atoms with van der Waals surface area (Å²) in [7, 11) is 1.65. The number of benzene rings is 1. The van der Waals surface area contributed by atoms with Crippen molar-refractivity contribution in [2.45, 2.75) is 51.2 Å². The number of carbonyl (C=O) groups excluding carboxylic acids is 1. The summed E-state index contributed by atoms with van der Waals surface area (Å²) < 4.78 is 28.4. The number of piperidine rings is 1. The Labute approximate surface area is 223 Å². The van der Waals surface area contributed by atoms with Crippen LogP contribution in [0.1, 0.15) is 43.4 Å². The highest BCUT2D eigenvalue weighted by Crippen LogP contribution is 2.42. The zero-order chi connectivity index (χ0) is 26.2. The minimum Gasteiger partial charge on any atom is -0.495 e. The van der Waals surface area contributed by atoms with E-state index >= 15 is 4.39 Å². The molecule has 0 spiro atoms. The predicted octanol–water partition coefficient (Wildman–Crippen LogP) is 4.61. The van der Waals surface area contributed by atoms with Crippen LogP contribution in [0.5, 0.6) is 5.75 Å². The third-order valence-electron chi connectivity index (χ3n) is 8.21. The Morgan fingerprint density at radius 1 is 1.18 bits per heavy atom. The highest BCUT2D eigenvalue weighted by Gasteiger charge is 2.39. The minimum absolute atomic E-state index is 0.0108. The van der Waals surface area contributed by atoms with E-state index in [9.17, 15) is 4.79 Å². The van der Waals surface area contributed by atoms with E-state index in [0.29, 0.717) is 19.6 Å². The molecule has 2 atom stereocenters. The highest BCUT2D eigenvalue weighted by molar-refractivity contribution is 5.99. The van der Waals surface area contributed by atoms with Crippen LogP contribution in [0.2, 0.25) is 0 Å². The number of likely N-dealkylation sites (tertiary alicyclic amines) is 1. The number of rotatable bonds is 5. The van der Waals surface area contributed by atoms with Gasteiger partial charge in [-0.15, -0.1) is 0 Å². The van der Waals surface area contributed by atoms with Crippen molar-refractivity contribution in [3.05, 3.63) is 70.5 Å². The van der Waals surface area contributed by atoms with Crippen LogP contribution in [0.25, 0.3) is 11.8 Å². The van der Waals surface area contributed by atoms with Crippen molar-refractivity contribution in [3.63, 3.8) is 0 Å². The van der Waals surface area contributed by atoms with Crippen molar-refractivity contribution in [2.75, 3.05) is 40.0 Å². The highest BCUT2D eigenvalue weighted by atomic mass is 19.1. The van der Waals surface area contributed by atoms with E-state index in [1.54, 1.807) is 13.4 Å². The molecule has 1 aromatic heterocycles. The van der Waals surface area contributed by atoms with E-state index in [2.05, 4.69) is 16.0 Å². The van der Waals surface area contributed by atoms with Crippen LogP contribution in [0.15, 0.2) is 59.2 Å². The average Bonchev–Trinajstić information content (AvgIpc) is 3.55. The van der Waals surface area contributed by atoms with E-state index in [4.69, 9.17) is 9.47 Å². The van der Waals surface area contributed by atoms with Gasteiger partial charge in [-0.2, -0.15) is 0 Å². The Bertz CT molecular complexity index is 1320. The van der Waals surface area contributed by atoms with Crippen molar-refractivity contribution in [3.8, 4) is 11.4 Å². The van der Waals surface area contributed by atoms with E-state index in [1.165, 1.54) is 5.57 Å². The van der Waals surface area contributed by atoms with Gasteiger partial charge in [-0.05, 0) is 73.6 Å². The SMILES string of the molecule is COc1cc(/C=C2\CCCN([C@@H]3CCC4=C3CC(F)C(N3CCOCC3)=C4)C2=O)ccc1-n1cnc(C)c1. The molecule has 2 aliphatic heterocycles. The topological polar surface area (TPSA) is 59.8 Å². The number of morpholine rings is 1. The second kappa shape index (κ2) is 10.4. The van der Waals surface area contributed by atoms with Crippen molar-refractivity contribution in [1.82, 2.24) is 19.4 Å². The number of halogens is 1. The first-order valence-electron chi connectivity index (χ1n) is 13.6. The summed E-state index contributed by atoms with van der Waals surface area (Å²) in [6.07, 6.45) is 10.6. The summed E-state index contributed by atoms with van der Waals surface area (Å²) in [5.41, 5.74) is 6.70. The smallest absolute Gasteiger partial charge is 0.250 e. The normalized spacial score (nSPS) is 25.2.